The highest BCUT2D eigenvalue weighted by Gasteiger charge is 2.50. The number of hydrogen-bond acceptors (Lipinski definition) is 5. The van der Waals surface area contributed by atoms with Gasteiger partial charge in [0.15, 0.2) is 6.10 Å². The number of rotatable bonds is 4. The summed E-state index contributed by atoms with van der Waals surface area (Å²) in [7, 11) is -2.45. The molecule has 1 aliphatic carbocycles. The monoisotopic (exact) mass is 341 g/mol. The molecule has 1 heterocycles. The van der Waals surface area contributed by atoms with Crippen LogP contribution in [0.4, 0.5) is 0 Å². The van der Waals surface area contributed by atoms with Gasteiger partial charge >= 0.3 is 5.97 Å². The van der Waals surface area contributed by atoms with E-state index in [0.29, 0.717) is 12.8 Å². The first kappa shape index (κ1) is 16.2. The van der Waals surface area contributed by atoms with E-state index in [0.717, 1.165) is 6.42 Å². The van der Waals surface area contributed by atoms with Crippen molar-refractivity contribution in [2.45, 2.75) is 35.9 Å². The van der Waals surface area contributed by atoms with Crippen LogP contribution in [0.25, 0.3) is 0 Å². The van der Waals surface area contributed by atoms with Gasteiger partial charge in [-0.1, -0.05) is 12.1 Å². The minimum absolute atomic E-state index is 0.0445. The minimum atomic E-state index is -3.85. The quantitative estimate of drug-likeness (QED) is 0.881. The van der Waals surface area contributed by atoms with E-state index in [1.54, 1.807) is 18.2 Å². The molecule has 1 aliphatic heterocycles. The van der Waals surface area contributed by atoms with Crippen LogP contribution in [0, 0.1) is 0 Å². The van der Waals surface area contributed by atoms with Gasteiger partial charge in [-0.25, -0.2) is 13.2 Å². The van der Waals surface area contributed by atoms with E-state index in [1.165, 1.54) is 17.5 Å². The van der Waals surface area contributed by atoms with Crippen LogP contribution in [-0.4, -0.2) is 55.7 Å². The van der Waals surface area contributed by atoms with Gasteiger partial charge in [0.25, 0.3) is 0 Å². The molecular weight excluding hydrogens is 322 g/mol. The Morgan fingerprint density at radius 3 is 2.65 bits per heavy atom. The summed E-state index contributed by atoms with van der Waals surface area (Å²) >= 11 is 0. The molecule has 2 aliphatic rings. The number of nitrogens with zero attached hydrogens (tertiary/aromatic N) is 1. The van der Waals surface area contributed by atoms with Gasteiger partial charge in [0.1, 0.15) is 10.6 Å². The van der Waals surface area contributed by atoms with Crippen molar-refractivity contribution in [3.05, 3.63) is 24.3 Å². The van der Waals surface area contributed by atoms with Crippen LogP contribution < -0.4 is 4.74 Å². The maximum absolute atomic E-state index is 13.0. The van der Waals surface area contributed by atoms with Gasteiger partial charge in [0.2, 0.25) is 10.0 Å². The van der Waals surface area contributed by atoms with E-state index in [9.17, 15) is 18.3 Å². The molecule has 3 rings (SSSR count). The molecule has 126 valence electrons. The van der Waals surface area contributed by atoms with E-state index in [2.05, 4.69) is 0 Å². The van der Waals surface area contributed by atoms with Crippen molar-refractivity contribution in [1.29, 1.82) is 0 Å². The van der Waals surface area contributed by atoms with Crippen molar-refractivity contribution in [3.63, 3.8) is 0 Å². The Bertz CT molecular complexity index is 712. The lowest BCUT2D eigenvalue weighted by molar-refractivity contribution is -0.195. The number of hydrogen-bond donors (Lipinski definition) is 1. The molecule has 0 bridgehead atoms. The molecule has 1 aromatic carbocycles. The summed E-state index contributed by atoms with van der Waals surface area (Å²) < 4.78 is 37.9. The van der Waals surface area contributed by atoms with Crippen molar-refractivity contribution < 1.29 is 27.8 Å². The Morgan fingerprint density at radius 1 is 1.39 bits per heavy atom. The SMILES string of the molecule is COc1ccccc1S(=O)(=O)N1CC(C(=O)O)OC2(CCC2)C1. The second-order valence-electron chi connectivity index (χ2n) is 5.93. The van der Waals surface area contributed by atoms with Gasteiger partial charge in [0, 0.05) is 6.54 Å². The van der Waals surface area contributed by atoms with Gasteiger partial charge < -0.3 is 14.6 Å². The average molecular weight is 341 g/mol. The van der Waals surface area contributed by atoms with Crippen LogP contribution in [-0.2, 0) is 19.6 Å². The summed E-state index contributed by atoms with van der Waals surface area (Å²) in [6, 6.07) is 6.34. The molecule has 1 N–H and O–H groups in total. The fourth-order valence-corrected chi connectivity index (χ4v) is 4.75. The first-order valence-corrected chi connectivity index (χ1v) is 8.86. The second-order valence-corrected chi connectivity index (χ2v) is 7.84. The minimum Gasteiger partial charge on any atom is -0.495 e. The van der Waals surface area contributed by atoms with E-state index in [1.807, 2.05) is 0 Å². The molecule has 1 unspecified atom stereocenters. The lowest BCUT2D eigenvalue weighted by atomic mass is 9.79. The molecule has 23 heavy (non-hydrogen) atoms. The number of carbonyl (C=O) groups is 1. The predicted octanol–water partition coefficient (Wildman–Crippen LogP) is 1.09. The van der Waals surface area contributed by atoms with E-state index < -0.39 is 27.7 Å². The molecule has 1 saturated carbocycles. The number of morpholine rings is 1. The number of sulfonamides is 1. The topological polar surface area (TPSA) is 93.1 Å². The molecule has 7 nitrogen and oxygen atoms in total. The Hall–Kier alpha value is -1.64. The highest BCUT2D eigenvalue weighted by molar-refractivity contribution is 7.89. The normalized spacial score (nSPS) is 24.1. The van der Waals surface area contributed by atoms with Crippen LogP contribution in [0.1, 0.15) is 19.3 Å². The molecule has 1 aromatic rings. The molecule has 1 saturated heterocycles. The van der Waals surface area contributed by atoms with Gasteiger partial charge in [-0.15, -0.1) is 0 Å². The fourth-order valence-electron chi connectivity index (χ4n) is 3.08. The maximum atomic E-state index is 13.0. The number of aliphatic carboxylic acids is 1. The van der Waals surface area contributed by atoms with Gasteiger partial charge in [0.05, 0.1) is 19.3 Å². The van der Waals surface area contributed by atoms with E-state index >= 15 is 0 Å². The predicted molar refractivity (Wildman–Crippen MR) is 80.8 cm³/mol. The molecule has 1 spiro atoms. The van der Waals surface area contributed by atoms with Crippen LogP contribution in [0.15, 0.2) is 29.2 Å². The Balaban J connectivity index is 1.96. The molecular formula is C15H19NO6S. The third kappa shape index (κ3) is 2.82. The number of carboxylic acid groups (broad SMARTS) is 1. The highest BCUT2D eigenvalue weighted by Crippen LogP contribution is 2.41. The summed E-state index contributed by atoms with van der Waals surface area (Å²) in [6.07, 6.45) is 1.12. The van der Waals surface area contributed by atoms with Crippen molar-refractivity contribution >= 4 is 16.0 Å². The van der Waals surface area contributed by atoms with Crippen LogP contribution in [0.3, 0.4) is 0 Å². The second kappa shape index (κ2) is 5.77. The molecule has 0 radical (unpaired) electrons. The lowest BCUT2D eigenvalue weighted by Crippen LogP contribution is -2.61. The number of methoxy groups -OCH3 is 1. The van der Waals surface area contributed by atoms with Crippen molar-refractivity contribution in [2.75, 3.05) is 20.2 Å². The van der Waals surface area contributed by atoms with E-state index in [-0.39, 0.29) is 23.7 Å². The summed E-state index contributed by atoms with van der Waals surface area (Å²) in [5.74, 6) is -0.898. The third-order valence-electron chi connectivity index (χ3n) is 4.45. The third-order valence-corrected chi connectivity index (χ3v) is 6.30. The van der Waals surface area contributed by atoms with Crippen LogP contribution in [0.5, 0.6) is 5.75 Å². The smallest absolute Gasteiger partial charge is 0.334 e. The standard InChI is InChI=1S/C15H19NO6S/c1-21-11-5-2-3-6-13(11)23(19,20)16-9-12(14(17)18)22-15(10-16)7-4-8-15/h2-3,5-6,12H,4,7-10H2,1H3,(H,17,18). The van der Waals surface area contributed by atoms with E-state index in [4.69, 9.17) is 9.47 Å². The number of ether oxygens (including phenoxy) is 2. The first-order chi connectivity index (χ1) is 10.9. The number of carboxylic acids is 1. The fraction of sp³-hybridized carbons (Fsp3) is 0.533. The molecule has 0 aromatic heterocycles. The van der Waals surface area contributed by atoms with Gasteiger partial charge in [-0.05, 0) is 31.4 Å². The number of para-hydroxylation sites is 1. The first-order valence-electron chi connectivity index (χ1n) is 7.42. The largest absolute Gasteiger partial charge is 0.495 e. The van der Waals surface area contributed by atoms with Crippen molar-refractivity contribution in [2.24, 2.45) is 0 Å². The van der Waals surface area contributed by atoms with Gasteiger partial charge in [-0.3, -0.25) is 0 Å². The summed E-state index contributed by atoms with van der Waals surface area (Å²) in [5.41, 5.74) is -0.670. The maximum Gasteiger partial charge on any atom is 0.334 e. The van der Waals surface area contributed by atoms with Crippen LogP contribution >= 0.6 is 0 Å². The van der Waals surface area contributed by atoms with Crippen molar-refractivity contribution in [1.82, 2.24) is 4.31 Å². The highest BCUT2D eigenvalue weighted by atomic mass is 32.2. The molecule has 8 heteroatoms. The summed E-state index contributed by atoms with van der Waals surface area (Å²) in [5, 5.41) is 9.27. The average Bonchev–Trinajstić information content (AvgIpc) is 2.52. The zero-order valence-electron chi connectivity index (χ0n) is 12.8. The molecule has 1 atom stereocenters. The van der Waals surface area contributed by atoms with Gasteiger partial charge in [-0.2, -0.15) is 4.31 Å². The Morgan fingerprint density at radius 2 is 2.09 bits per heavy atom. The lowest BCUT2D eigenvalue weighted by Gasteiger charge is -2.49. The van der Waals surface area contributed by atoms with Crippen LogP contribution in [0.2, 0.25) is 0 Å². The Kier molecular flexibility index (Phi) is 4.07. The molecule has 0 amide bonds. The molecule has 2 fully saturated rings. The number of benzene rings is 1. The summed E-state index contributed by atoms with van der Waals surface area (Å²) in [4.78, 5) is 11.4. The van der Waals surface area contributed by atoms with Crippen molar-refractivity contribution in [3.8, 4) is 5.75 Å². The Labute approximate surface area is 134 Å². The zero-order chi connectivity index (χ0) is 16.7. The zero-order valence-corrected chi connectivity index (χ0v) is 13.6. The summed E-state index contributed by atoms with van der Waals surface area (Å²) in [6.45, 7) is -0.0192.